The van der Waals surface area contributed by atoms with E-state index in [0.717, 1.165) is 18.5 Å². The lowest BCUT2D eigenvalue weighted by atomic mass is 10.0. The van der Waals surface area contributed by atoms with E-state index in [2.05, 4.69) is 18.8 Å². The monoisotopic (exact) mass is 206 g/mol. The second kappa shape index (κ2) is 6.44. The fourth-order valence-electron chi connectivity index (χ4n) is 1.70. The maximum atomic E-state index is 6.12. The predicted octanol–water partition coefficient (Wildman–Crippen LogP) is 3.35. The van der Waals surface area contributed by atoms with Crippen molar-refractivity contribution in [2.24, 2.45) is 0 Å². The Balaban J connectivity index is 2.71. The van der Waals surface area contributed by atoms with Gasteiger partial charge in [-0.25, -0.2) is 0 Å². The second-order valence-electron chi connectivity index (χ2n) is 4.08. The first kappa shape index (κ1) is 12.0. The first-order valence-corrected chi connectivity index (χ1v) is 6.00. The number of aromatic nitrogens is 1. The quantitative estimate of drug-likeness (QED) is 0.775. The molecule has 0 aromatic carbocycles. The van der Waals surface area contributed by atoms with Crippen LogP contribution in [0.5, 0.6) is 0 Å². The molecular weight excluding hydrogens is 184 g/mol. The second-order valence-corrected chi connectivity index (χ2v) is 4.08. The molecule has 0 fully saturated rings. The van der Waals surface area contributed by atoms with Crippen LogP contribution in [-0.2, 0) is 12.8 Å². The summed E-state index contributed by atoms with van der Waals surface area (Å²) >= 11 is 0. The molecule has 1 heterocycles. The molecule has 1 aromatic rings. The van der Waals surface area contributed by atoms with Gasteiger partial charge in [0.1, 0.15) is 0 Å². The summed E-state index contributed by atoms with van der Waals surface area (Å²) in [5.74, 6) is 0. The lowest BCUT2D eigenvalue weighted by molar-refractivity contribution is 0.778. The van der Waals surface area contributed by atoms with Crippen LogP contribution in [0.15, 0.2) is 12.4 Å². The van der Waals surface area contributed by atoms with E-state index < -0.39 is 0 Å². The maximum Gasteiger partial charge on any atom is 0.0410 e. The zero-order valence-corrected chi connectivity index (χ0v) is 9.92. The van der Waals surface area contributed by atoms with Crippen LogP contribution >= 0.6 is 0 Å². The first-order chi connectivity index (χ1) is 7.29. The van der Waals surface area contributed by atoms with Gasteiger partial charge >= 0.3 is 0 Å². The molecule has 2 nitrogen and oxygen atoms in total. The van der Waals surface area contributed by atoms with Gasteiger partial charge in [0.2, 0.25) is 0 Å². The number of pyridine rings is 1. The van der Waals surface area contributed by atoms with Gasteiger partial charge in [-0.05, 0) is 36.8 Å². The topological polar surface area (TPSA) is 38.9 Å². The number of rotatable bonds is 6. The molecule has 0 unspecified atom stereocenters. The Morgan fingerprint density at radius 1 is 1.00 bits per heavy atom. The van der Waals surface area contributed by atoms with E-state index in [0.29, 0.717) is 0 Å². The minimum Gasteiger partial charge on any atom is -0.398 e. The maximum absolute atomic E-state index is 6.12. The molecule has 2 N–H and O–H groups in total. The van der Waals surface area contributed by atoms with Gasteiger partial charge in [0.25, 0.3) is 0 Å². The molecule has 1 aromatic heterocycles. The van der Waals surface area contributed by atoms with Crippen LogP contribution in [0.2, 0.25) is 0 Å². The van der Waals surface area contributed by atoms with E-state index in [1.807, 2.05) is 12.4 Å². The van der Waals surface area contributed by atoms with E-state index in [1.165, 1.54) is 36.8 Å². The van der Waals surface area contributed by atoms with Crippen molar-refractivity contribution in [3.05, 3.63) is 23.5 Å². The van der Waals surface area contributed by atoms with Crippen LogP contribution in [0.1, 0.15) is 50.7 Å². The van der Waals surface area contributed by atoms with E-state index in [9.17, 15) is 0 Å². The molecule has 84 valence electrons. The average Bonchev–Trinajstić information content (AvgIpc) is 2.26. The van der Waals surface area contributed by atoms with E-state index in [-0.39, 0.29) is 0 Å². The van der Waals surface area contributed by atoms with Gasteiger partial charge in [0, 0.05) is 18.1 Å². The van der Waals surface area contributed by atoms with E-state index >= 15 is 0 Å². The largest absolute Gasteiger partial charge is 0.398 e. The lowest BCUT2D eigenvalue weighted by Gasteiger charge is -2.09. The fourth-order valence-corrected chi connectivity index (χ4v) is 1.70. The van der Waals surface area contributed by atoms with Crippen molar-refractivity contribution in [1.82, 2.24) is 4.98 Å². The summed E-state index contributed by atoms with van der Waals surface area (Å²) in [4.78, 5) is 4.27. The van der Waals surface area contributed by atoms with Gasteiger partial charge in [-0.1, -0.05) is 26.7 Å². The summed E-state index contributed by atoms with van der Waals surface area (Å²) in [5, 5.41) is 0. The lowest BCUT2D eigenvalue weighted by Crippen LogP contribution is -2.01. The number of nitrogens with two attached hydrogens (primary N) is 1. The molecule has 15 heavy (non-hydrogen) atoms. The summed E-state index contributed by atoms with van der Waals surface area (Å²) in [6.07, 6.45) is 10.8. The van der Waals surface area contributed by atoms with Crippen LogP contribution in [0, 0.1) is 0 Å². The fraction of sp³-hybridized carbons (Fsp3) is 0.615. The van der Waals surface area contributed by atoms with Gasteiger partial charge in [-0.2, -0.15) is 0 Å². The van der Waals surface area contributed by atoms with Crippen molar-refractivity contribution in [3.8, 4) is 0 Å². The molecule has 0 spiro atoms. The minimum atomic E-state index is 0.979. The zero-order valence-electron chi connectivity index (χ0n) is 9.92. The molecule has 0 atom stereocenters. The Kier molecular flexibility index (Phi) is 5.16. The average molecular weight is 206 g/mol. The number of nitrogens with zero attached hydrogens (tertiary/aromatic N) is 1. The molecule has 0 radical (unpaired) electrons. The summed E-state index contributed by atoms with van der Waals surface area (Å²) in [5.41, 5.74) is 9.56. The Labute approximate surface area is 92.9 Å². The SMILES string of the molecule is CCCCc1cncc(CCCC)c1N. The highest BCUT2D eigenvalue weighted by Gasteiger charge is 2.04. The third kappa shape index (κ3) is 3.54. The van der Waals surface area contributed by atoms with Gasteiger partial charge in [-0.3, -0.25) is 4.98 Å². The number of unbranched alkanes of at least 4 members (excludes halogenated alkanes) is 2. The van der Waals surface area contributed by atoms with Crippen molar-refractivity contribution in [2.45, 2.75) is 52.4 Å². The summed E-state index contributed by atoms with van der Waals surface area (Å²) in [6.45, 7) is 4.40. The molecule has 0 aliphatic carbocycles. The number of aryl methyl sites for hydroxylation is 2. The molecule has 2 heteroatoms. The highest BCUT2D eigenvalue weighted by Crippen LogP contribution is 2.19. The van der Waals surface area contributed by atoms with Gasteiger partial charge in [0.05, 0.1) is 0 Å². The predicted molar refractivity (Wildman–Crippen MR) is 65.9 cm³/mol. The number of hydrogen-bond donors (Lipinski definition) is 1. The molecule has 1 rings (SSSR count). The molecule has 0 bridgehead atoms. The highest BCUT2D eigenvalue weighted by atomic mass is 14.7. The Morgan fingerprint density at radius 3 is 1.87 bits per heavy atom. The van der Waals surface area contributed by atoms with Gasteiger partial charge in [-0.15, -0.1) is 0 Å². The molecule has 0 amide bonds. The van der Waals surface area contributed by atoms with Crippen molar-refractivity contribution >= 4 is 5.69 Å². The van der Waals surface area contributed by atoms with Crippen molar-refractivity contribution < 1.29 is 0 Å². The number of hydrogen-bond acceptors (Lipinski definition) is 2. The summed E-state index contributed by atoms with van der Waals surface area (Å²) < 4.78 is 0. The number of nitrogen functional groups attached to an aromatic ring is 1. The van der Waals surface area contributed by atoms with Crippen molar-refractivity contribution in [1.29, 1.82) is 0 Å². The molecule has 0 aliphatic rings. The Morgan fingerprint density at radius 2 is 1.47 bits per heavy atom. The minimum absolute atomic E-state index is 0.979. The van der Waals surface area contributed by atoms with Crippen LogP contribution < -0.4 is 5.73 Å². The normalized spacial score (nSPS) is 10.5. The van der Waals surface area contributed by atoms with Crippen LogP contribution in [0.4, 0.5) is 5.69 Å². The Hall–Kier alpha value is -1.05. The highest BCUT2D eigenvalue weighted by molar-refractivity contribution is 5.52. The molecule has 0 saturated carbocycles. The summed E-state index contributed by atoms with van der Waals surface area (Å²) in [6, 6.07) is 0. The van der Waals surface area contributed by atoms with Gasteiger partial charge in [0.15, 0.2) is 0 Å². The first-order valence-electron chi connectivity index (χ1n) is 6.00. The smallest absolute Gasteiger partial charge is 0.0410 e. The van der Waals surface area contributed by atoms with Crippen LogP contribution in [0.3, 0.4) is 0 Å². The van der Waals surface area contributed by atoms with Gasteiger partial charge < -0.3 is 5.73 Å². The zero-order chi connectivity index (χ0) is 11.1. The number of anilines is 1. The van der Waals surface area contributed by atoms with E-state index in [4.69, 9.17) is 5.73 Å². The Bertz CT molecular complexity index is 268. The van der Waals surface area contributed by atoms with Crippen LogP contribution in [0.25, 0.3) is 0 Å². The summed E-state index contributed by atoms with van der Waals surface area (Å²) in [7, 11) is 0. The molecule has 0 aliphatic heterocycles. The third-order valence-electron chi connectivity index (χ3n) is 2.75. The third-order valence-corrected chi connectivity index (χ3v) is 2.75. The molecular formula is C13H22N2. The van der Waals surface area contributed by atoms with E-state index in [1.54, 1.807) is 0 Å². The molecule has 0 saturated heterocycles. The van der Waals surface area contributed by atoms with Crippen molar-refractivity contribution in [2.75, 3.05) is 5.73 Å². The standard InChI is InChI=1S/C13H22N2/c1-3-5-7-11-9-15-10-12(13(11)14)8-6-4-2/h9-10H,3-8H2,1-2H3,(H2,14,15). The van der Waals surface area contributed by atoms with Crippen molar-refractivity contribution in [3.63, 3.8) is 0 Å². The van der Waals surface area contributed by atoms with Crippen LogP contribution in [-0.4, -0.2) is 4.98 Å².